The molecule has 1 saturated carbocycles. The van der Waals surface area contributed by atoms with Crippen LogP contribution in [0.4, 0.5) is 8.78 Å². The summed E-state index contributed by atoms with van der Waals surface area (Å²) in [5.74, 6) is 1.74. The molecule has 3 atom stereocenters. The van der Waals surface area contributed by atoms with E-state index in [9.17, 15) is 13.6 Å². The molecule has 1 amide bonds. The molecule has 1 aromatic carbocycles. The van der Waals surface area contributed by atoms with E-state index in [4.69, 9.17) is 16.9 Å². The molecule has 2 heterocycles. The molecule has 2 fully saturated rings. The number of carbonyl (C=O) groups is 1. The van der Waals surface area contributed by atoms with Crippen LogP contribution in [0.3, 0.4) is 0 Å². The van der Waals surface area contributed by atoms with E-state index in [-0.39, 0.29) is 22.6 Å². The Morgan fingerprint density at radius 1 is 1.45 bits per heavy atom. The Kier molecular flexibility index (Phi) is 5.30. The third-order valence-corrected chi connectivity index (χ3v) is 7.51. The second-order valence-corrected chi connectivity index (χ2v) is 9.20. The van der Waals surface area contributed by atoms with E-state index in [1.54, 1.807) is 4.90 Å². The summed E-state index contributed by atoms with van der Waals surface area (Å²) < 4.78 is 34.0. The van der Waals surface area contributed by atoms with Crippen LogP contribution in [0.15, 0.2) is 23.2 Å². The van der Waals surface area contributed by atoms with E-state index in [1.165, 1.54) is 30.0 Å². The fourth-order valence-electron chi connectivity index (χ4n) is 4.52. The Balaban J connectivity index is 1.58. The third kappa shape index (κ3) is 3.51. The van der Waals surface area contributed by atoms with E-state index >= 15 is 0 Å². The van der Waals surface area contributed by atoms with Crippen molar-refractivity contribution in [3.05, 3.63) is 35.1 Å². The van der Waals surface area contributed by atoms with Gasteiger partial charge in [-0.1, -0.05) is 17.7 Å². The molecule has 1 aliphatic carbocycles. The minimum atomic E-state index is -1.39. The molecule has 29 heavy (non-hydrogen) atoms. The lowest BCUT2D eigenvalue weighted by atomic mass is 9.83. The summed E-state index contributed by atoms with van der Waals surface area (Å²) >= 11 is 1.38. The summed E-state index contributed by atoms with van der Waals surface area (Å²) in [5, 5.41) is 0.223. The molecule has 0 spiro atoms. The van der Waals surface area contributed by atoms with E-state index in [1.807, 2.05) is 0 Å². The summed E-state index contributed by atoms with van der Waals surface area (Å²) in [7, 11) is 0. The number of aliphatic imine (C=N–C) groups is 1. The predicted molar refractivity (Wildman–Crippen MR) is 109 cm³/mol. The number of morpholine rings is 1. The van der Waals surface area contributed by atoms with Crippen LogP contribution in [0, 0.1) is 24.1 Å². The number of ether oxygens (including phenoxy) is 1. The van der Waals surface area contributed by atoms with Crippen molar-refractivity contribution in [1.29, 1.82) is 0 Å². The number of alkyl halides is 1. The monoisotopic (exact) mass is 419 g/mol. The molecule has 0 unspecified atom stereocenters. The number of hydrogen-bond acceptors (Lipinski definition) is 5. The Bertz CT molecular complexity index is 896. The smallest absolute Gasteiger partial charge is 0.222 e. The van der Waals surface area contributed by atoms with Crippen LogP contribution >= 0.6 is 11.8 Å². The summed E-state index contributed by atoms with van der Waals surface area (Å²) in [4.78, 5) is 18.7. The fraction of sp³-hybridized carbons (Fsp3) is 0.524. The van der Waals surface area contributed by atoms with Gasteiger partial charge < -0.3 is 15.4 Å². The van der Waals surface area contributed by atoms with Crippen LogP contribution < -0.4 is 5.73 Å². The summed E-state index contributed by atoms with van der Waals surface area (Å²) in [6.45, 7) is 1.39. The quantitative estimate of drug-likeness (QED) is 0.745. The molecule has 3 aliphatic rings. The molecule has 0 aromatic heterocycles. The van der Waals surface area contributed by atoms with Crippen molar-refractivity contribution in [2.45, 2.75) is 29.5 Å². The number of thioether (sulfide) groups is 1. The van der Waals surface area contributed by atoms with Crippen molar-refractivity contribution in [3.63, 3.8) is 0 Å². The van der Waals surface area contributed by atoms with Gasteiger partial charge in [-0.15, -0.1) is 6.42 Å². The van der Waals surface area contributed by atoms with Crippen molar-refractivity contribution in [3.8, 4) is 12.3 Å². The first-order valence-corrected chi connectivity index (χ1v) is 10.5. The number of fused-ring (bicyclic) bond motifs is 1. The summed E-state index contributed by atoms with van der Waals surface area (Å²) in [6, 6.07) is 4.22. The highest BCUT2D eigenvalue weighted by Gasteiger charge is 2.68. The zero-order valence-corrected chi connectivity index (χ0v) is 16.8. The Morgan fingerprint density at radius 3 is 2.90 bits per heavy atom. The number of carbonyl (C=O) groups excluding carboxylic acids is 1. The Morgan fingerprint density at radius 2 is 2.21 bits per heavy atom. The van der Waals surface area contributed by atoms with Gasteiger partial charge in [0.15, 0.2) is 5.17 Å². The zero-order valence-electron chi connectivity index (χ0n) is 16.0. The van der Waals surface area contributed by atoms with Gasteiger partial charge in [0.05, 0.1) is 13.2 Å². The van der Waals surface area contributed by atoms with Gasteiger partial charge in [0.2, 0.25) is 5.91 Å². The number of halogens is 2. The maximum Gasteiger partial charge on any atom is 0.222 e. The zero-order chi connectivity index (χ0) is 20.6. The molecule has 1 saturated heterocycles. The normalized spacial score (nSPS) is 30.9. The lowest BCUT2D eigenvalue weighted by molar-refractivity contribution is -0.135. The largest absolute Gasteiger partial charge is 0.378 e. The van der Waals surface area contributed by atoms with Crippen molar-refractivity contribution >= 4 is 22.8 Å². The average molecular weight is 419 g/mol. The molecule has 1 aromatic rings. The Labute approximate surface area is 173 Å². The van der Waals surface area contributed by atoms with Crippen LogP contribution in [0.1, 0.15) is 30.4 Å². The molecule has 2 aliphatic heterocycles. The number of benzene rings is 1. The van der Waals surface area contributed by atoms with Crippen molar-refractivity contribution in [2.24, 2.45) is 16.6 Å². The second kappa shape index (κ2) is 7.62. The van der Waals surface area contributed by atoms with Crippen LogP contribution in [-0.2, 0) is 15.1 Å². The Hall–Kier alpha value is -2.11. The molecule has 5 nitrogen and oxygen atoms in total. The number of nitrogens with two attached hydrogens (primary N) is 1. The summed E-state index contributed by atoms with van der Waals surface area (Å²) in [5.41, 5.74) is 5.28. The highest BCUT2D eigenvalue weighted by Crippen LogP contribution is 2.68. The van der Waals surface area contributed by atoms with Crippen molar-refractivity contribution in [2.75, 3.05) is 33.0 Å². The lowest BCUT2D eigenvalue weighted by Crippen LogP contribution is -2.42. The van der Waals surface area contributed by atoms with Crippen LogP contribution in [0.25, 0.3) is 0 Å². The molecule has 2 N–H and O–H groups in total. The molecule has 0 radical (unpaired) electrons. The molecule has 154 valence electrons. The maximum atomic E-state index is 14.7. The topological polar surface area (TPSA) is 67.9 Å². The van der Waals surface area contributed by atoms with Gasteiger partial charge in [0.25, 0.3) is 0 Å². The van der Waals surface area contributed by atoms with E-state index < -0.39 is 22.8 Å². The molecule has 8 heteroatoms. The van der Waals surface area contributed by atoms with Gasteiger partial charge in [-0.25, -0.2) is 13.8 Å². The van der Waals surface area contributed by atoms with Gasteiger partial charge in [0.1, 0.15) is 18.0 Å². The van der Waals surface area contributed by atoms with E-state index in [0.29, 0.717) is 51.1 Å². The minimum Gasteiger partial charge on any atom is -0.378 e. The second-order valence-electron chi connectivity index (χ2n) is 7.76. The predicted octanol–water partition coefficient (Wildman–Crippen LogP) is 2.43. The highest BCUT2D eigenvalue weighted by molar-refractivity contribution is 8.15. The first-order valence-electron chi connectivity index (χ1n) is 9.66. The fourth-order valence-corrected chi connectivity index (χ4v) is 5.93. The van der Waals surface area contributed by atoms with Crippen LogP contribution in [-0.4, -0.2) is 53.7 Å². The minimum absolute atomic E-state index is 0.0568. The van der Waals surface area contributed by atoms with E-state index in [2.05, 4.69) is 10.9 Å². The molecule has 0 bridgehead atoms. The van der Waals surface area contributed by atoms with Gasteiger partial charge in [-0.2, -0.15) is 0 Å². The van der Waals surface area contributed by atoms with Crippen molar-refractivity contribution < 1.29 is 18.3 Å². The van der Waals surface area contributed by atoms with Crippen LogP contribution in [0.2, 0.25) is 0 Å². The third-order valence-electron chi connectivity index (χ3n) is 6.15. The standard InChI is InChI=1S/C21H23F2N3O2S/c1-2-14-3-4-16(23)15(11-14)21(13-22)17-12-20(17,29-19(24)25-21)6-5-18(27)26-7-9-28-10-8-26/h1,3-4,11,17H,5-10,12-13H2,(H2,24,25)/t17-,20+,21-/m1/s1. The molecular formula is C21H23F2N3O2S. The number of rotatable bonds is 5. The first-order chi connectivity index (χ1) is 13.9. The molecular weight excluding hydrogens is 396 g/mol. The maximum absolute atomic E-state index is 14.7. The van der Waals surface area contributed by atoms with Gasteiger partial charge in [-0.3, -0.25) is 4.79 Å². The number of amides is 1. The summed E-state index contributed by atoms with van der Waals surface area (Å²) in [6.07, 6.45) is 6.97. The number of amidine groups is 1. The van der Waals surface area contributed by atoms with Crippen molar-refractivity contribution in [1.82, 2.24) is 4.90 Å². The van der Waals surface area contributed by atoms with Gasteiger partial charge in [-0.05, 0) is 31.0 Å². The average Bonchev–Trinajstić information content (AvgIpc) is 3.47. The highest BCUT2D eigenvalue weighted by atomic mass is 32.2. The number of hydrogen-bond donors (Lipinski definition) is 1. The van der Waals surface area contributed by atoms with Crippen LogP contribution in [0.5, 0.6) is 0 Å². The van der Waals surface area contributed by atoms with Gasteiger partial charge >= 0.3 is 0 Å². The van der Waals surface area contributed by atoms with E-state index in [0.717, 1.165) is 0 Å². The lowest BCUT2D eigenvalue weighted by Gasteiger charge is -2.35. The number of terminal acetylenes is 1. The number of nitrogens with zero attached hydrogens (tertiary/aromatic N) is 2. The SMILES string of the molecule is C#Cc1ccc(F)c([C@@]2(CF)N=C(N)S[C@@]3(CCC(=O)N4CCOCC4)C[C@H]32)c1. The first kappa shape index (κ1) is 20.2. The van der Waals surface area contributed by atoms with Gasteiger partial charge in [0, 0.05) is 41.3 Å². The molecule has 4 rings (SSSR count).